The lowest BCUT2D eigenvalue weighted by atomic mass is 10.1. The molecule has 0 saturated heterocycles. The van der Waals surface area contributed by atoms with Gasteiger partial charge in [0.05, 0.1) is 19.9 Å². The molecule has 0 aliphatic carbocycles. The van der Waals surface area contributed by atoms with Crippen molar-refractivity contribution in [2.75, 3.05) is 44.9 Å². The zero-order chi connectivity index (χ0) is 17.6. The molecule has 4 N–H and O–H groups in total. The summed E-state index contributed by atoms with van der Waals surface area (Å²) in [5, 5.41) is 6.81. The molecule has 0 radical (unpaired) electrons. The van der Waals surface area contributed by atoms with Crippen molar-refractivity contribution in [1.82, 2.24) is 15.3 Å². The van der Waals surface area contributed by atoms with Crippen molar-refractivity contribution in [3.05, 3.63) is 35.0 Å². The first-order chi connectivity index (χ1) is 12.2. The Bertz CT molecular complexity index is 736. The molecular formula is C18H25N5O2. The van der Waals surface area contributed by atoms with Crippen LogP contribution in [-0.2, 0) is 19.3 Å². The van der Waals surface area contributed by atoms with Crippen molar-refractivity contribution < 1.29 is 9.47 Å². The Morgan fingerprint density at radius 2 is 2.00 bits per heavy atom. The van der Waals surface area contributed by atoms with Gasteiger partial charge in [0.1, 0.15) is 17.3 Å². The smallest absolute Gasteiger partial charge is 0.222 e. The fourth-order valence-corrected chi connectivity index (χ4v) is 3.08. The quantitative estimate of drug-likeness (QED) is 0.730. The van der Waals surface area contributed by atoms with Crippen molar-refractivity contribution in [3.63, 3.8) is 0 Å². The first-order valence-corrected chi connectivity index (χ1v) is 8.52. The number of nitrogen functional groups attached to an aromatic ring is 1. The first kappa shape index (κ1) is 17.3. The minimum atomic E-state index is 0.324. The number of rotatable bonds is 6. The van der Waals surface area contributed by atoms with Crippen LogP contribution < -0.4 is 25.8 Å². The van der Waals surface area contributed by atoms with Crippen LogP contribution in [0.5, 0.6) is 11.5 Å². The molecule has 0 fully saturated rings. The van der Waals surface area contributed by atoms with E-state index in [0.717, 1.165) is 67.5 Å². The van der Waals surface area contributed by atoms with E-state index in [9.17, 15) is 0 Å². The Kier molecular flexibility index (Phi) is 5.55. The molecular weight excluding hydrogens is 318 g/mol. The number of hydrogen-bond acceptors (Lipinski definition) is 7. The molecule has 2 heterocycles. The van der Waals surface area contributed by atoms with Gasteiger partial charge in [-0.15, -0.1) is 0 Å². The molecule has 0 saturated carbocycles. The van der Waals surface area contributed by atoms with Crippen LogP contribution in [0.3, 0.4) is 0 Å². The molecule has 0 unspecified atom stereocenters. The van der Waals surface area contributed by atoms with Crippen LogP contribution in [0.4, 0.5) is 11.8 Å². The zero-order valence-corrected chi connectivity index (χ0v) is 14.8. The van der Waals surface area contributed by atoms with Crippen LogP contribution >= 0.6 is 0 Å². The highest BCUT2D eigenvalue weighted by atomic mass is 16.5. The highest BCUT2D eigenvalue weighted by molar-refractivity contribution is 5.51. The molecule has 0 spiro atoms. The van der Waals surface area contributed by atoms with Gasteiger partial charge in [0, 0.05) is 31.1 Å². The largest absolute Gasteiger partial charge is 0.497 e. The SMILES string of the molecule is COc1ccc(CCNc2nc(N)nc3c2CCNCC3)c(OC)c1. The molecule has 7 nitrogen and oxygen atoms in total. The number of nitrogens with two attached hydrogens (primary N) is 1. The summed E-state index contributed by atoms with van der Waals surface area (Å²) in [4.78, 5) is 8.81. The van der Waals surface area contributed by atoms with E-state index in [0.29, 0.717) is 5.95 Å². The van der Waals surface area contributed by atoms with Crippen LogP contribution in [-0.4, -0.2) is 43.8 Å². The normalized spacial score (nSPS) is 13.7. The van der Waals surface area contributed by atoms with Gasteiger partial charge in [-0.3, -0.25) is 0 Å². The first-order valence-electron chi connectivity index (χ1n) is 8.52. The summed E-state index contributed by atoms with van der Waals surface area (Å²) in [6, 6.07) is 5.87. The Hall–Kier alpha value is -2.54. The third-order valence-corrected chi connectivity index (χ3v) is 4.38. The van der Waals surface area contributed by atoms with Crippen LogP contribution in [0.25, 0.3) is 0 Å². The van der Waals surface area contributed by atoms with Gasteiger partial charge in [-0.25, -0.2) is 4.98 Å². The summed E-state index contributed by atoms with van der Waals surface area (Å²) in [6.45, 7) is 2.59. The van der Waals surface area contributed by atoms with Crippen molar-refractivity contribution in [2.45, 2.75) is 19.3 Å². The summed E-state index contributed by atoms with van der Waals surface area (Å²) in [5.74, 6) is 2.78. The maximum absolute atomic E-state index is 5.88. The van der Waals surface area contributed by atoms with E-state index in [1.165, 1.54) is 5.56 Å². The minimum Gasteiger partial charge on any atom is -0.497 e. The number of nitrogens with zero attached hydrogens (tertiary/aromatic N) is 2. The molecule has 1 aliphatic rings. The Balaban J connectivity index is 1.71. The summed E-state index contributed by atoms with van der Waals surface area (Å²) in [6.07, 6.45) is 2.59. The van der Waals surface area contributed by atoms with Gasteiger partial charge in [-0.1, -0.05) is 6.07 Å². The third-order valence-electron chi connectivity index (χ3n) is 4.38. The topological polar surface area (TPSA) is 94.3 Å². The van der Waals surface area contributed by atoms with E-state index < -0.39 is 0 Å². The van der Waals surface area contributed by atoms with Crippen LogP contribution in [0.1, 0.15) is 16.8 Å². The number of aromatic nitrogens is 2. The molecule has 0 atom stereocenters. The zero-order valence-electron chi connectivity index (χ0n) is 14.8. The van der Waals surface area contributed by atoms with Gasteiger partial charge < -0.3 is 25.8 Å². The maximum atomic E-state index is 5.88. The molecule has 0 bridgehead atoms. The molecule has 1 aromatic heterocycles. The molecule has 3 rings (SSSR count). The van der Waals surface area contributed by atoms with Gasteiger partial charge in [0.25, 0.3) is 0 Å². The predicted molar refractivity (Wildman–Crippen MR) is 98.5 cm³/mol. The lowest BCUT2D eigenvalue weighted by Gasteiger charge is -2.14. The number of methoxy groups -OCH3 is 2. The molecule has 1 aliphatic heterocycles. The van der Waals surface area contributed by atoms with E-state index >= 15 is 0 Å². The number of anilines is 2. The van der Waals surface area contributed by atoms with Gasteiger partial charge in [0.15, 0.2) is 0 Å². The van der Waals surface area contributed by atoms with E-state index in [2.05, 4.69) is 20.6 Å². The highest BCUT2D eigenvalue weighted by Crippen LogP contribution is 2.25. The average molecular weight is 343 g/mol. The van der Waals surface area contributed by atoms with E-state index in [-0.39, 0.29) is 0 Å². The second-order valence-corrected chi connectivity index (χ2v) is 5.96. The number of hydrogen-bond donors (Lipinski definition) is 3. The lowest BCUT2D eigenvalue weighted by molar-refractivity contribution is 0.391. The van der Waals surface area contributed by atoms with Crippen molar-refractivity contribution in [3.8, 4) is 11.5 Å². The second kappa shape index (κ2) is 8.02. The monoisotopic (exact) mass is 343 g/mol. The van der Waals surface area contributed by atoms with Crippen molar-refractivity contribution in [2.24, 2.45) is 0 Å². The minimum absolute atomic E-state index is 0.324. The second-order valence-electron chi connectivity index (χ2n) is 5.96. The maximum Gasteiger partial charge on any atom is 0.222 e. The molecule has 2 aromatic rings. The molecule has 25 heavy (non-hydrogen) atoms. The Morgan fingerprint density at radius 1 is 1.16 bits per heavy atom. The van der Waals surface area contributed by atoms with Crippen LogP contribution in [0, 0.1) is 0 Å². The average Bonchev–Trinajstić information content (AvgIpc) is 2.87. The number of ether oxygens (including phenoxy) is 2. The summed E-state index contributed by atoms with van der Waals surface area (Å²) in [7, 11) is 3.32. The Labute approximate surface area is 148 Å². The van der Waals surface area contributed by atoms with Gasteiger partial charge in [0.2, 0.25) is 5.95 Å². The van der Waals surface area contributed by atoms with E-state index in [1.54, 1.807) is 14.2 Å². The molecule has 134 valence electrons. The Morgan fingerprint density at radius 3 is 2.80 bits per heavy atom. The van der Waals surface area contributed by atoms with Gasteiger partial charge in [-0.2, -0.15) is 4.98 Å². The third kappa shape index (κ3) is 4.11. The summed E-state index contributed by atoms with van der Waals surface area (Å²) >= 11 is 0. The number of fused-ring (bicyclic) bond motifs is 1. The molecule has 1 aromatic carbocycles. The summed E-state index contributed by atoms with van der Waals surface area (Å²) in [5.41, 5.74) is 9.20. The van der Waals surface area contributed by atoms with Gasteiger partial charge in [-0.05, 0) is 31.0 Å². The fraction of sp³-hybridized carbons (Fsp3) is 0.444. The van der Waals surface area contributed by atoms with Crippen molar-refractivity contribution in [1.29, 1.82) is 0 Å². The fourth-order valence-electron chi connectivity index (χ4n) is 3.08. The van der Waals surface area contributed by atoms with Crippen LogP contribution in [0.15, 0.2) is 18.2 Å². The number of benzene rings is 1. The van der Waals surface area contributed by atoms with E-state index in [1.807, 2.05) is 18.2 Å². The highest BCUT2D eigenvalue weighted by Gasteiger charge is 2.15. The van der Waals surface area contributed by atoms with Crippen molar-refractivity contribution >= 4 is 11.8 Å². The van der Waals surface area contributed by atoms with Gasteiger partial charge >= 0.3 is 0 Å². The lowest BCUT2D eigenvalue weighted by Crippen LogP contribution is -2.16. The van der Waals surface area contributed by atoms with E-state index in [4.69, 9.17) is 15.2 Å². The molecule has 0 amide bonds. The predicted octanol–water partition coefficient (Wildman–Crippen LogP) is 1.42. The summed E-state index contributed by atoms with van der Waals surface area (Å²) < 4.78 is 10.7. The molecule has 7 heteroatoms. The standard InChI is InChI=1S/C18H25N5O2/c1-24-13-4-3-12(16(11-13)25-2)5-10-21-17-14-6-8-20-9-7-15(14)22-18(19)23-17/h3-4,11,20H,5-10H2,1-2H3,(H3,19,21,22,23). The van der Waals surface area contributed by atoms with Crippen LogP contribution in [0.2, 0.25) is 0 Å². The number of nitrogens with one attached hydrogen (secondary N) is 2.